The van der Waals surface area contributed by atoms with E-state index in [1.807, 2.05) is 30.7 Å². The van der Waals surface area contributed by atoms with E-state index in [1.165, 1.54) is 0 Å². The summed E-state index contributed by atoms with van der Waals surface area (Å²) in [4.78, 5) is 4.75. The van der Waals surface area contributed by atoms with Crippen LogP contribution in [0.4, 0.5) is 0 Å². The summed E-state index contributed by atoms with van der Waals surface area (Å²) in [5, 5.41) is 15.1. The van der Waals surface area contributed by atoms with E-state index in [4.69, 9.17) is 14.5 Å². The standard InChI is InChI=1S/C20H30N6O2.HI/c1-14-8-16(10-18(9-14)27-4)11-21-20(22-12-17-6-5-7-28-17)23-13-19-25-24-15(2)26(19)3;/h8-10,17H,5-7,11-13H2,1-4H3,(H2,21,22,23);1H. The predicted molar refractivity (Wildman–Crippen MR) is 124 cm³/mol. The first kappa shape index (κ1) is 23.4. The topological polar surface area (TPSA) is 85.6 Å². The first-order chi connectivity index (χ1) is 13.5. The number of aromatic nitrogens is 3. The molecule has 1 aliphatic heterocycles. The Kier molecular flexibility index (Phi) is 9.15. The Morgan fingerprint density at radius 1 is 1.28 bits per heavy atom. The second-order valence-corrected chi connectivity index (χ2v) is 7.12. The second-order valence-electron chi connectivity index (χ2n) is 7.12. The van der Waals surface area contributed by atoms with Crippen molar-refractivity contribution < 1.29 is 9.47 Å². The van der Waals surface area contributed by atoms with Gasteiger partial charge in [0.15, 0.2) is 11.8 Å². The van der Waals surface area contributed by atoms with Crippen LogP contribution in [0.15, 0.2) is 23.2 Å². The van der Waals surface area contributed by atoms with E-state index in [0.29, 0.717) is 13.1 Å². The molecule has 1 saturated heterocycles. The molecule has 1 aromatic carbocycles. The number of ether oxygens (including phenoxy) is 2. The largest absolute Gasteiger partial charge is 0.497 e. The van der Waals surface area contributed by atoms with Crippen molar-refractivity contribution in [3.05, 3.63) is 41.0 Å². The van der Waals surface area contributed by atoms with E-state index in [2.05, 4.69) is 33.8 Å². The number of nitrogens with zero attached hydrogens (tertiary/aromatic N) is 4. The van der Waals surface area contributed by atoms with Gasteiger partial charge in [0.1, 0.15) is 11.6 Å². The maximum absolute atomic E-state index is 5.71. The number of methoxy groups -OCH3 is 1. The Balaban J connectivity index is 0.00000300. The third kappa shape index (κ3) is 6.84. The number of benzene rings is 1. The van der Waals surface area contributed by atoms with Gasteiger partial charge in [-0.1, -0.05) is 6.07 Å². The molecular weight excluding hydrogens is 483 g/mol. The van der Waals surface area contributed by atoms with Crippen molar-refractivity contribution in [2.75, 3.05) is 20.3 Å². The van der Waals surface area contributed by atoms with Crippen LogP contribution >= 0.6 is 24.0 Å². The van der Waals surface area contributed by atoms with Gasteiger partial charge in [-0.15, -0.1) is 34.2 Å². The van der Waals surface area contributed by atoms with Crippen molar-refractivity contribution in [3.8, 4) is 5.75 Å². The number of aliphatic imine (C=N–C) groups is 1. The molecule has 2 N–H and O–H groups in total. The highest BCUT2D eigenvalue weighted by molar-refractivity contribution is 14.0. The number of rotatable bonds is 7. The van der Waals surface area contributed by atoms with Gasteiger partial charge in [0.05, 0.1) is 26.3 Å². The summed E-state index contributed by atoms with van der Waals surface area (Å²) in [6.45, 7) is 6.67. The zero-order valence-electron chi connectivity index (χ0n) is 17.6. The van der Waals surface area contributed by atoms with Crippen molar-refractivity contribution >= 4 is 29.9 Å². The van der Waals surface area contributed by atoms with Gasteiger partial charge in [-0.3, -0.25) is 0 Å². The molecule has 8 nitrogen and oxygen atoms in total. The van der Waals surface area contributed by atoms with Gasteiger partial charge in [-0.25, -0.2) is 4.99 Å². The number of aryl methyl sites for hydroxylation is 2. The van der Waals surface area contributed by atoms with Crippen LogP contribution in [-0.4, -0.2) is 47.1 Å². The van der Waals surface area contributed by atoms with E-state index in [-0.39, 0.29) is 30.1 Å². The van der Waals surface area contributed by atoms with Crippen LogP contribution in [0.3, 0.4) is 0 Å². The molecule has 29 heavy (non-hydrogen) atoms. The Hall–Kier alpha value is -1.88. The molecule has 1 fully saturated rings. The van der Waals surface area contributed by atoms with Gasteiger partial charge in [0, 0.05) is 20.2 Å². The van der Waals surface area contributed by atoms with Crippen molar-refractivity contribution in [1.82, 2.24) is 25.4 Å². The molecular formula is C20H31IN6O2. The fourth-order valence-corrected chi connectivity index (χ4v) is 3.16. The molecule has 160 valence electrons. The monoisotopic (exact) mass is 514 g/mol. The van der Waals surface area contributed by atoms with E-state index in [1.54, 1.807) is 7.11 Å². The maximum atomic E-state index is 5.71. The lowest BCUT2D eigenvalue weighted by Gasteiger charge is -2.15. The molecule has 0 spiro atoms. The number of hydrogen-bond acceptors (Lipinski definition) is 5. The molecule has 0 aliphatic carbocycles. The van der Waals surface area contributed by atoms with Gasteiger partial charge < -0.3 is 24.7 Å². The third-order valence-corrected chi connectivity index (χ3v) is 4.88. The molecule has 0 saturated carbocycles. The van der Waals surface area contributed by atoms with Gasteiger partial charge in [0.2, 0.25) is 0 Å². The van der Waals surface area contributed by atoms with Gasteiger partial charge in [-0.2, -0.15) is 0 Å². The van der Waals surface area contributed by atoms with Crippen molar-refractivity contribution in [2.45, 2.75) is 45.9 Å². The minimum atomic E-state index is 0. The highest BCUT2D eigenvalue weighted by atomic mass is 127. The summed E-state index contributed by atoms with van der Waals surface area (Å²) in [6.07, 6.45) is 2.44. The SMILES string of the molecule is COc1cc(C)cc(CN=C(NCc2nnc(C)n2C)NCC2CCCO2)c1.I. The number of halogens is 1. The van der Waals surface area contributed by atoms with Crippen LogP contribution in [0.5, 0.6) is 5.75 Å². The van der Waals surface area contributed by atoms with Crippen molar-refractivity contribution in [2.24, 2.45) is 12.0 Å². The molecule has 1 atom stereocenters. The summed E-state index contributed by atoms with van der Waals surface area (Å²) < 4.78 is 13.0. The van der Waals surface area contributed by atoms with E-state index >= 15 is 0 Å². The lowest BCUT2D eigenvalue weighted by molar-refractivity contribution is 0.113. The smallest absolute Gasteiger partial charge is 0.192 e. The van der Waals surface area contributed by atoms with Crippen molar-refractivity contribution in [3.63, 3.8) is 0 Å². The molecule has 2 aromatic rings. The normalized spacial score (nSPS) is 16.4. The molecule has 1 unspecified atom stereocenters. The lowest BCUT2D eigenvalue weighted by atomic mass is 10.1. The average molecular weight is 514 g/mol. The first-order valence-electron chi connectivity index (χ1n) is 9.68. The summed E-state index contributed by atoms with van der Waals surface area (Å²) >= 11 is 0. The van der Waals surface area contributed by atoms with Crippen LogP contribution in [0.25, 0.3) is 0 Å². The van der Waals surface area contributed by atoms with E-state index in [0.717, 1.165) is 60.5 Å². The summed E-state index contributed by atoms with van der Waals surface area (Å²) in [7, 11) is 3.64. The van der Waals surface area contributed by atoms with Crippen LogP contribution in [0.2, 0.25) is 0 Å². The summed E-state index contributed by atoms with van der Waals surface area (Å²) in [5.41, 5.74) is 2.26. The second kappa shape index (κ2) is 11.3. The Bertz CT molecular complexity index is 817. The quantitative estimate of drug-likeness (QED) is 0.336. The minimum Gasteiger partial charge on any atom is -0.497 e. The van der Waals surface area contributed by atoms with Crippen molar-refractivity contribution in [1.29, 1.82) is 0 Å². The van der Waals surface area contributed by atoms with E-state index in [9.17, 15) is 0 Å². The zero-order valence-corrected chi connectivity index (χ0v) is 19.9. The predicted octanol–water partition coefficient (Wildman–Crippen LogP) is 2.47. The molecule has 9 heteroatoms. The fourth-order valence-electron chi connectivity index (χ4n) is 3.16. The molecule has 0 amide bonds. The van der Waals surface area contributed by atoms with E-state index < -0.39 is 0 Å². The Morgan fingerprint density at radius 3 is 2.76 bits per heavy atom. The molecule has 2 heterocycles. The maximum Gasteiger partial charge on any atom is 0.192 e. The zero-order chi connectivity index (χ0) is 19.9. The van der Waals surface area contributed by atoms with Crippen LogP contribution < -0.4 is 15.4 Å². The highest BCUT2D eigenvalue weighted by Crippen LogP contribution is 2.17. The van der Waals surface area contributed by atoms with Gasteiger partial charge in [0.25, 0.3) is 0 Å². The fraction of sp³-hybridized carbons (Fsp3) is 0.550. The lowest BCUT2D eigenvalue weighted by Crippen LogP contribution is -2.41. The van der Waals surface area contributed by atoms with Gasteiger partial charge in [-0.05, 0) is 49.9 Å². The highest BCUT2D eigenvalue weighted by Gasteiger charge is 2.16. The molecule has 1 aliphatic rings. The molecule has 3 rings (SSSR count). The number of guanidine groups is 1. The molecule has 0 bridgehead atoms. The van der Waals surface area contributed by atoms with Crippen LogP contribution in [0.1, 0.15) is 35.6 Å². The van der Waals surface area contributed by atoms with Gasteiger partial charge >= 0.3 is 0 Å². The Morgan fingerprint density at radius 2 is 2.10 bits per heavy atom. The summed E-state index contributed by atoms with van der Waals surface area (Å²) in [5.74, 6) is 3.33. The number of nitrogens with one attached hydrogen (secondary N) is 2. The molecule has 0 radical (unpaired) electrons. The Labute approximate surface area is 189 Å². The average Bonchev–Trinajstić information content (AvgIpc) is 3.32. The first-order valence-corrected chi connectivity index (χ1v) is 9.68. The minimum absolute atomic E-state index is 0. The van der Waals surface area contributed by atoms with Crippen LogP contribution in [-0.2, 0) is 24.9 Å². The number of hydrogen-bond donors (Lipinski definition) is 2. The summed E-state index contributed by atoms with van der Waals surface area (Å²) in [6, 6.07) is 6.15. The third-order valence-electron chi connectivity index (χ3n) is 4.88. The molecule has 1 aromatic heterocycles. The van der Waals surface area contributed by atoms with Crippen LogP contribution in [0, 0.1) is 13.8 Å².